The summed E-state index contributed by atoms with van der Waals surface area (Å²) >= 11 is 0. The first-order valence-corrected chi connectivity index (χ1v) is 8.44. The van der Waals surface area contributed by atoms with Crippen LogP contribution in [0.2, 0.25) is 0 Å². The summed E-state index contributed by atoms with van der Waals surface area (Å²) < 4.78 is 26.2. The number of nitrogens with one attached hydrogen (secondary N) is 1. The lowest BCUT2D eigenvalue weighted by molar-refractivity contribution is 0.217. The number of sulfonamides is 1. The fourth-order valence-corrected chi connectivity index (χ4v) is 3.70. The lowest BCUT2D eigenvalue weighted by Crippen LogP contribution is -2.36. The van der Waals surface area contributed by atoms with Gasteiger partial charge in [-0.3, -0.25) is 0 Å². The summed E-state index contributed by atoms with van der Waals surface area (Å²) in [7, 11) is -1.88. The number of aliphatic hydroxyl groups is 2. The highest BCUT2D eigenvalue weighted by molar-refractivity contribution is 7.89. The number of nitrogens with zero attached hydrogens (tertiary/aromatic N) is 1. The van der Waals surface area contributed by atoms with Crippen LogP contribution in [0, 0.1) is 0 Å². The predicted octanol–water partition coefficient (Wildman–Crippen LogP) is 0.332. The van der Waals surface area contributed by atoms with Crippen LogP contribution in [0.25, 0.3) is 0 Å². The third-order valence-corrected chi connectivity index (χ3v) is 5.25. The molecule has 0 aromatic heterocycles. The molecule has 0 fully saturated rings. The smallest absolute Gasteiger partial charge is 0.243 e. The molecule has 0 amide bonds. The topological polar surface area (TPSA) is 89.9 Å². The molecule has 1 aromatic carbocycles. The van der Waals surface area contributed by atoms with Crippen LogP contribution in [-0.2, 0) is 10.0 Å². The SMILES string of the molecule is CCC(NC)c1cccc(S(=O)(=O)N(CCO)CCO)c1. The van der Waals surface area contributed by atoms with Crippen molar-refractivity contribution in [3.8, 4) is 0 Å². The molecule has 0 aliphatic rings. The molecular weight excluding hydrogens is 292 g/mol. The Morgan fingerprint density at radius 3 is 2.33 bits per heavy atom. The third kappa shape index (κ3) is 4.49. The van der Waals surface area contributed by atoms with Gasteiger partial charge >= 0.3 is 0 Å². The normalized spacial score (nSPS) is 13.6. The molecule has 6 nitrogen and oxygen atoms in total. The van der Waals surface area contributed by atoms with Crippen LogP contribution in [0.3, 0.4) is 0 Å². The summed E-state index contributed by atoms with van der Waals surface area (Å²) in [5.74, 6) is 0. The van der Waals surface area contributed by atoms with Crippen molar-refractivity contribution in [2.75, 3.05) is 33.4 Å². The molecule has 1 unspecified atom stereocenters. The zero-order chi connectivity index (χ0) is 15.9. The Bertz CT molecular complexity index is 524. The molecule has 1 rings (SSSR count). The molecule has 3 N–H and O–H groups in total. The molecule has 0 spiro atoms. The molecule has 21 heavy (non-hydrogen) atoms. The Labute approximate surface area is 126 Å². The molecule has 0 aliphatic carbocycles. The van der Waals surface area contributed by atoms with E-state index in [-0.39, 0.29) is 37.2 Å². The largest absolute Gasteiger partial charge is 0.395 e. The Hall–Kier alpha value is -0.990. The lowest BCUT2D eigenvalue weighted by Gasteiger charge is -2.21. The van der Waals surface area contributed by atoms with Crippen molar-refractivity contribution in [1.82, 2.24) is 9.62 Å². The monoisotopic (exact) mass is 316 g/mol. The maximum Gasteiger partial charge on any atom is 0.243 e. The molecule has 1 aromatic rings. The Balaban J connectivity index is 3.15. The van der Waals surface area contributed by atoms with Crippen LogP contribution >= 0.6 is 0 Å². The van der Waals surface area contributed by atoms with Gasteiger partial charge in [0.25, 0.3) is 0 Å². The van der Waals surface area contributed by atoms with E-state index in [1.807, 2.05) is 20.0 Å². The van der Waals surface area contributed by atoms with Crippen molar-refractivity contribution in [3.63, 3.8) is 0 Å². The van der Waals surface area contributed by atoms with Crippen molar-refractivity contribution >= 4 is 10.0 Å². The Morgan fingerprint density at radius 2 is 1.86 bits per heavy atom. The first-order valence-electron chi connectivity index (χ1n) is 7.00. The van der Waals surface area contributed by atoms with Gasteiger partial charge in [0.15, 0.2) is 0 Å². The van der Waals surface area contributed by atoms with Crippen LogP contribution in [0.1, 0.15) is 24.9 Å². The third-order valence-electron chi connectivity index (χ3n) is 3.35. The highest BCUT2D eigenvalue weighted by Crippen LogP contribution is 2.22. The Morgan fingerprint density at radius 1 is 1.24 bits per heavy atom. The first-order chi connectivity index (χ1) is 10.0. The van der Waals surface area contributed by atoms with Crippen LogP contribution in [-0.4, -0.2) is 56.3 Å². The van der Waals surface area contributed by atoms with E-state index in [0.29, 0.717) is 0 Å². The molecular formula is C14H24N2O4S. The van der Waals surface area contributed by atoms with E-state index in [0.717, 1.165) is 16.3 Å². The van der Waals surface area contributed by atoms with Gasteiger partial charge in [-0.15, -0.1) is 0 Å². The number of hydrogen-bond acceptors (Lipinski definition) is 5. The molecule has 0 radical (unpaired) electrons. The van der Waals surface area contributed by atoms with E-state index in [1.165, 1.54) is 6.07 Å². The predicted molar refractivity (Wildman–Crippen MR) is 81.5 cm³/mol. The fraction of sp³-hybridized carbons (Fsp3) is 0.571. The van der Waals surface area contributed by atoms with Gasteiger partial charge in [0.2, 0.25) is 10.0 Å². The van der Waals surface area contributed by atoms with Gasteiger partial charge in [0.1, 0.15) is 0 Å². The number of aliphatic hydroxyl groups excluding tert-OH is 2. The molecule has 0 bridgehead atoms. The van der Waals surface area contributed by atoms with E-state index < -0.39 is 10.0 Å². The first kappa shape index (κ1) is 18.1. The number of rotatable bonds is 9. The quantitative estimate of drug-likeness (QED) is 0.611. The summed E-state index contributed by atoms with van der Waals surface area (Å²) in [6, 6.07) is 6.85. The van der Waals surface area contributed by atoms with Crippen molar-refractivity contribution < 1.29 is 18.6 Å². The minimum Gasteiger partial charge on any atom is -0.395 e. The minimum atomic E-state index is -3.71. The Kier molecular flexibility index (Phi) is 7.27. The van der Waals surface area contributed by atoms with Crippen molar-refractivity contribution in [1.29, 1.82) is 0 Å². The molecule has 0 aliphatic heterocycles. The van der Waals surface area contributed by atoms with Crippen LogP contribution < -0.4 is 5.32 Å². The maximum atomic E-state index is 12.5. The summed E-state index contributed by atoms with van der Waals surface area (Å²) in [6.45, 7) is 1.39. The molecule has 120 valence electrons. The second kappa shape index (κ2) is 8.45. The van der Waals surface area contributed by atoms with Crippen molar-refractivity contribution in [3.05, 3.63) is 29.8 Å². The van der Waals surface area contributed by atoms with Crippen LogP contribution in [0.15, 0.2) is 29.2 Å². The summed E-state index contributed by atoms with van der Waals surface area (Å²) in [5, 5.41) is 21.1. The highest BCUT2D eigenvalue weighted by Gasteiger charge is 2.24. The van der Waals surface area contributed by atoms with E-state index in [2.05, 4.69) is 5.32 Å². The highest BCUT2D eigenvalue weighted by atomic mass is 32.2. The zero-order valence-corrected chi connectivity index (χ0v) is 13.3. The maximum absolute atomic E-state index is 12.5. The number of hydrogen-bond donors (Lipinski definition) is 3. The molecule has 0 saturated carbocycles. The molecule has 0 heterocycles. The molecule has 7 heteroatoms. The van der Waals surface area contributed by atoms with Gasteiger partial charge < -0.3 is 15.5 Å². The van der Waals surface area contributed by atoms with Gasteiger partial charge in [0, 0.05) is 19.1 Å². The molecule has 0 saturated heterocycles. The fourth-order valence-electron chi connectivity index (χ4n) is 2.22. The van der Waals surface area contributed by atoms with Gasteiger partial charge in [-0.2, -0.15) is 4.31 Å². The van der Waals surface area contributed by atoms with Gasteiger partial charge in [-0.25, -0.2) is 8.42 Å². The summed E-state index contributed by atoms with van der Waals surface area (Å²) in [5.41, 5.74) is 0.897. The molecule has 1 atom stereocenters. The van der Waals surface area contributed by atoms with E-state index >= 15 is 0 Å². The summed E-state index contributed by atoms with van der Waals surface area (Å²) in [4.78, 5) is 0.176. The van der Waals surface area contributed by atoms with E-state index in [4.69, 9.17) is 10.2 Å². The summed E-state index contributed by atoms with van der Waals surface area (Å²) in [6.07, 6.45) is 0.844. The average molecular weight is 316 g/mol. The average Bonchev–Trinajstić information content (AvgIpc) is 2.48. The van der Waals surface area contributed by atoms with Crippen LogP contribution in [0.4, 0.5) is 0 Å². The van der Waals surface area contributed by atoms with E-state index in [1.54, 1.807) is 12.1 Å². The number of benzene rings is 1. The van der Waals surface area contributed by atoms with Gasteiger partial charge in [0.05, 0.1) is 18.1 Å². The second-order valence-corrected chi connectivity index (χ2v) is 6.61. The van der Waals surface area contributed by atoms with Crippen molar-refractivity contribution in [2.45, 2.75) is 24.3 Å². The zero-order valence-electron chi connectivity index (χ0n) is 12.5. The standard InChI is InChI=1S/C14H24N2O4S/c1-3-14(15-2)12-5-4-6-13(11-12)21(19,20)16(7-9-17)8-10-18/h4-6,11,14-15,17-18H,3,7-10H2,1-2H3. The minimum absolute atomic E-state index is 0.0314. The van der Waals surface area contributed by atoms with Crippen LogP contribution in [0.5, 0.6) is 0 Å². The van der Waals surface area contributed by atoms with E-state index in [9.17, 15) is 8.42 Å². The van der Waals surface area contributed by atoms with Gasteiger partial charge in [-0.05, 0) is 31.2 Å². The van der Waals surface area contributed by atoms with Gasteiger partial charge in [-0.1, -0.05) is 19.1 Å². The lowest BCUT2D eigenvalue weighted by atomic mass is 10.1. The second-order valence-electron chi connectivity index (χ2n) is 4.67. The van der Waals surface area contributed by atoms with Crippen molar-refractivity contribution in [2.24, 2.45) is 0 Å².